The fourth-order valence-electron chi connectivity index (χ4n) is 3.07. The van der Waals surface area contributed by atoms with Crippen molar-refractivity contribution in [2.24, 2.45) is 4.99 Å². The molecule has 3 rings (SSSR count). The van der Waals surface area contributed by atoms with Gasteiger partial charge in [-0.2, -0.15) is 4.98 Å². The van der Waals surface area contributed by atoms with Crippen molar-refractivity contribution in [1.82, 2.24) is 20.4 Å². The Labute approximate surface area is 171 Å². The van der Waals surface area contributed by atoms with E-state index in [1.807, 2.05) is 19.1 Å². The molecule has 0 bridgehead atoms. The van der Waals surface area contributed by atoms with E-state index < -0.39 is 0 Å². The number of rotatable bonds is 5. The van der Waals surface area contributed by atoms with Gasteiger partial charge in [0.1, 0.15) is 12.3 Å². The molecule has 1 aliphatic heterocycles. The first-order valence-electron chi connectivity index (χ1n) is 8.66. The summed E-state index contributed by atoms with van der Waals surface area (Å²) in [7, 11) is 1.69. The highest BCUT2D eigenvalue weighted by atomic mass is 127. The monoisotopic (exact) mass is 471 g/mol. The van der Waals surface area contributed by atoms with Crippen LogP contribution in [0.5, 0.6) is 5.75 Å². The van der Waals surface area contributed by atoms with Crippen LogP contribution in [0.1, 0.15) is 36.5 Å². The topological polar surface area (TPSA) is 75.8 Å². The van der Waals surface area contributed by atoms with Crippen LogP contribution in [0.3, 0.4) is 0 Å². The summed E-state index contributed by atoms with van der Waals surface area (Å²) in [6, 6.07) is 8.35. The van der Waals surface area contributed by atoms with E-state index in [2.05, 4.69) is 44.4 Å². The summed E-state index contributed by atoms with van der Waals surface area (Å²) in [4.78, 5) is 11.1. The highest BCUT2D eigenvalue weighted by Crippen LogP contribution is 2.28. The van der Waals surface area contributed by atoms with Gasteiger partial charge in [0.05, 0.1) is 7.11 Å². The third-order valence-electron chi connectivity index (χ3n) is 4.34. The summed E-state index contributed by atoms with van der Waals surface area (Å²) in [5.74, 6) is 3.47. The minimum absolute atomic E-state index is 0. The lowest BCUT2D eigenvalue weighted by atomic mass is 9.98. The van der Waals surface area contributed by atoms with Crippen molar-refractivity contribution >= 4 is 29.9 Å². The molecule has 2 aromatic rings. The first kappa shape index (κ1) is 20.5. The van der Waals surface area contributed by atoms with Crippen LogP contribution in [0.25, 0.3) is 0 Å². The molecule has 26 heavy (non-hydrogen) atoms. The van der Waals surface area contributed by atoms with Crippen LogP contribution < -0.4 is 10.1 Å². The van der Waals surface area contributed by atoms with E-state index >= 15 is 0 Å². The zero-order valence-corrected chi connectivity index (χ0v) is 17.8. The molecule has 1 saturated heterocycles. The van der Waals surface area contributed by atoms with Crippen LogP contribution >= 0.6 is 24.0 Å². The molecule has 0 spiro atoms. The van der Waals surface area contributed by atoms with Gasteiger partial charge in [0.15, 0.2) is 11.8 Å². The summed E-state index contributed by atoms with van der Waals surface area (Å²) >= 11 is 0. The maximum absolute atomic E-state index is 5.24. The van der Waals surface area contributed by atoms with Crippen LogP contribution in [0, 0.1) is 6.92 Å². The van der Waals surface area contributed by atoms with E-state index in [-0.39, 0.29) is 24.0 Å². The van der Waals surface area contributed by atoms with Crippen molar-refractivity contribution in [2.45, 2.75) is 32.7 Å². The molecule has 0 saturated carbocycles. The quantitative estimate of drug-likeness (QED) is 0.411. The van der Waals surface area contributed by atoms with E-state index in [0.717, 1.165) is 37.8 Å². The van der Waals surface area contributed by atoms with Crippen LogP contribution in [-0.4, -0.2) is 47.7 Å². The Morgan fingerprint density at radius 1 is 1.38 bits per heavy atom. The van der Waals surface area contributed by atoms with Crippen molar-refractivity contribution in [1.29, 1.82) is 0 Å². The van der Waals surface area contributed by atoms with E-state index in [1.54, 1.807) is 7.11 Å². The van der Waals surface area contributed by atoms with Gasteiger partial charge in [0.25, 0.3) is 0 Å². The van der Waals surface area contributed by atoms with Gasteiger partial charge in [0, 0.05) is 25.6 Å². The highest BCUT2D eigenvalue weighted by Gasteiger charge is 2.26. The largest absolute Gasteiger partial charge is 0.497 e. The first-order valence-corrected chi connectivity index (χ1v) is 8.66. The second kappa shape index (κ2) is 9.75. The van der Waals surface area contributed by atoms with Gasteiger partial charge >= 0.3 is 0 Å². The van der Waals surface area contributed by atoms with Gasteiger partial charge in [-0.3, -0.25) is 0 Å². The van der Waals surface area contributed by atoms with E-state index in [1.165, 1.54) is 5.56 Å². The average molecular weight is 471 g/mol. The van der Waals surface area contributed by atoms with Gasteiger partial charge < -0.3 is 19.5 Å². The molecule has 142 valence electrons. The molecular weight excluding hydrogens is 445 g/mol. The van der Waals surface area contributed by atoms with Crippen LogP contribution in [0.2, 0.25) is 0 Å². The zero-order valence-electron chi connectivity index (χ0n) is 15.4. The number of methoxy groups -OCH3 is 1. The van der Waals surface area contributed by atoms with E-state index in [4.69, 9.17) is 9.26 Å². The summed E-state index contributed by atoms with van der Waals surface area (Å²) in [6.45, 7) is 7.02. The predicted molar refractivity (Wildman–Crippen MR) is 111 cm³/mol. The minimum Gasteiger partial charge on any atom is -0.497 e. The maximum atomic E-state index is 5.24. The number of aryl methyl sites for hydroxylation is 1. The minimum atomic E-state index is 0. The second-order valence-corrected chi connectivity index (χ2v) is 6.11. The number of benzene rings is 1. The number of nitrogens with one attached hydrogen (secondary N) is 1. The Balaban J connectivity index is 0.00000243. The number of likely N-dealkylation sites (tertiary alicyclic amines) is 1. The lowest BCUT2D eigenvalue weighted by molar-refractivity contribution is 0.375. The fourth-order valence-corrected chi connectivity index (χ4v) is 3.07. The molecular formula is C18H26IN5O2. The summed E-state index contributed by atoms with van der Waals surface area (Å²) in [6.07, 6.45) is 1.11. The molecule has 1 fully saturated rings. The van der Waals surface area contributed by atoms with Crippen molar-refractivity contribution in [3.8, 4) is 5.75 Å². The van der Waals surface area contributed by atoms with Gasteiger partial charge in [-0.25, -0.2) is 4.99 Å². The molecule has 8 heteroatoms. The third-order valence-corrected chi connectivity index (χ3v) is 4.34. The highest BCUT2D eigenvalue weighted by molar-refractivity contribution is 14.0. The Morgan fingerprint density at radius 2 is 2.15 bits per heavy atom. The number of ether oxygens (including phenoxy) is 1. The summed E-state index contributed by atoms with van der Waals surface area (Å²) in [5, 5.41) is 7.16. The fraction of sp³-hybridized carbons (Fsp3) is 0.500. The molecule has 1 unspecified atom stereocenters. The number of halogens is 1. The number of nitrogens with zero attached hydrogens (tertiary/aromatic N) is 4. The predicted octanol–water partition coefficient (Wildman–Crippen LogP) is 2.96. The molecule has 2 heterocycles. The number of aliphatic imine (C=N–C) groups is 1. The molecule has 0 amide bonds. The molecule has 0 aliphatic carbocycles. The van der Waals surface area contributed by atoms with Crippen molar-refractivity contribution in [3.05, 3.63) is 41.5 Å². The summed E-state index contributed by atoms with van der Waals surface area (Å²) in [5.41, 5.74) is 1.34. The number of guanidine groups is 1. The SMILES string of the molecule is CCNC(=NCc1nc(C)no1)N1CCC(c2ccc(OC)cc2)C1.I. The Hall–Kier alpha value is -1.84. The average Bonchev–Trinajstić information content (AvgIpc) is 3.28. The van der Waals surface area contributed by atoms with Crippen LogP contribution in [0.4, 0.5) is 0 Å². The Kier molecular flexibility index (Phi) is 7.67. The second-order valence-electron chi connectivity index (χ2n) is 6.11. The van der Waals surface area contributed by atoms with Gasteiger partial charge in [-0.15, -0.1) is 24.0 Å². The van der Waals surface area contributed by atoms with Gasteiger partial charge in [-0.05, 0) is 38.0 Å². The first-order chi connectivity index (χ1) is 12.2. The lowest BCUT2D eigenvalue weighted by Crippen LogP contribution is -2.40. The van der Waals surface area contributed by atoms with Crippen LogP contribution in [-0.2, 0) is 6.54 Å². The molecule has 1 aliphatic rings. The Bertz CT molecular complexity index is 717. The normalized spacial score (nSPS) is 17.1. The summed E-state index contributed by atoms with van der Waals surface area (Å²) < 4.78 is 10.4. The number of hydrogen-bond acceptors (Lipinski definition) is 5. The number of aromatic nitrogens is 2. The lowest BCUT2D eigenvalue weighted by Gasteiger charge is -2.21. The smallest absolute Gasteiger partial charge is 0.248 e. The van der Waals surface area contributed by atoms with Crippen molar-refractivity contribution in [2.75, 3.05) is 26.7 Å². The number of hydrogen-bond donors (Lipinski definition) is 1. The van der Waals surface area contributed by atoms with E-state index in [9.17, 15) is 0 Å². The molecule has 0 radical (unpaired) electrons. The Morgan fingerprint density at radius 3 is 2.77 bits per heavy atom. The van der Waals surface area contributed by atoms with Crippen molar-refractivity contribution < 1.29 is 9.26 Å². The molecule has 1 N–H and O–H groups in total. The van der Waals surface area contributed by atoms with Gasteiger partial charge in [0.2, 0.25) is 5.89 Å². The van der Waals surface area contributed by atoms with Crippen molar-refractivity contribution in [3.63, 3.8) is 0 Å². The molecule has 1 atom stereocenters. The molecule has 1 aromatic heterocycles. The third kappa shape index (κ3) is 5.09. The maximum Gasteiger partial charge on any atom is 0.248 e. The van der Waals surface area contributed by atoms with Crippen LogP contribution in [0.15, 0.2) is 33.8 Å². The zero-order chi connectivity index (χ0) is 17.6. The molecule has 7 nitrogen and oxygen atoms in total. The molecule has 1 aromatic carbocycles. The van der Waals surface area contributed by atoms with E-state index in [0.29, 0.717) is 24.2 Å². The standard InChI is InChI=1S/C18H25N5O2.HI/c1-4-19-18(20-11-17-21-13(2)22-25-17)23-10-9-15(12-23)14-5-7-16(24-3)8-6-14;/h5-8,15H,4,9-12H2,1-3H3,(H,19,20);1H. The van der Waals surface area contributed by atoms with Gasteiger partial charge in [-0.1, -0.05) is 17.3 Å².